The number of ether oxygens (including phenoxy) is 2. The maximum atomic E-state index is 5.83. The van der Waals surface area contributed by atoms with Crippen LogP contribution in [0.15, 0.2) is 36.4 Å². The number of aromatic nitrogens is 1. The number of halogens is 1. The van der Waals surface area contributed by atoms with E-state index in [9.17, 15) is 0 Å². The van der Waals surface area contributed by atoms with Crippen molar-refractivity contribution in [1.29, 1.82) is 0 Å². The van der Waals surface area contributed by atoms with Gasteiger partial charge in [0.05, 0.1) is 14.2 Å². The van der Waals surface area contributed by atoms with Crippen LogP contribution in [0.2, 0.25) is 5.15 Å². The Kier molecular flexibility index (Phi) is 4.47. The molecule has 0 amide bonds. The summed E-state index contributed by atoms with van der Waals surface area (Å²) in [5.41, 5.74) is 1.04. The molecule has 0 fully saturated rings. The molecule has 0 unspecified atom stereocenters. The van der Waals surface area contributed by atoms with E-state index in [1.807, 2.05) is 30.3 Å². The van der Waals surface area contributed by atoms with E-state index in [1.54, 1.807) is 20.3 Å². The molecule has 0 saturated carbocycles. The average Bonchev–Trinajstić information content (AvgIpc) is 2.44. The van der Waals surface area contributed by atoms with Crippen molar-refractivity contribution in [3.63, 3.8) is 0 Å². The van der Waals surface area contributed by atoms with E-state index >= 15 is 0 Å². The molecule has 0 aliphatic heterocycles. The Hall–Kier alpha value is -1.94. The first-order valence-electron chi connectivity index (χ1n) is 5.79. The van der Waals surface area contributed by atoms with Crippen molar-refractivity contribution in [1.82, 2.24) is 4.98 Å². The van der Waals surface area contributed by atoms with E-state index in [1.165, 1.54) is 0 Å². The SMILES string of the molecule is COc1cc(CNc2cccc(Cl)n2)cc(OC)c1. The summed E-state index contributed by atoms with van der Waals surface area (Å²) in [4.78, 5) is 4.17. The van der Waals surface area contributed by atoms with Crippen LogP contribution in [0.5, 0.6) is 11.5 Å². The lowest BCUT2D eigenvalue weighted by Crippen LogP contribution is -2.02. The normalized spacial score (nSPS) is 10.1. The number of anilines is 1. The molecule has 1 heterocycles. The number of benzene rings is 1. The number of methoxy groups -OCH3 is 2. The van der Waals surface area contributed by atoms with Crippen molar-refractivity contribution < 1.29 is 9.47 Å². The molecule has 0 atom stereocenters. The van der Waals surface area contributed by atoms with Gasteiger partial charge >= 0.3 is 0 Å². The summed E-state index contributed by atoms with van der Waals surface area (Å²) in [5, 5.41) is 3.66. The zero-order chi connectivity index (χ0) is 13.7. The summed E-state index contributed by atoms with van der Waals surface area (Å²) in [6.07, 6.45) is 0. The zero-order valence-corrected chi connectivity index (χ0v) is 11.6. The van der Waals surface area contributed by atoms with Crippen molar-refractivity contribution in [2.24, 2.45) is 0 Å². The summed E-state index contributed by atoms with van der Waals surface area (Å²) in [5.74, 6) is 2.25. The highest BCUT2D eigenvalue weighted by molar-refractivity contribution is 6.29. The van der Waals surface area contributed by atoms with E-state index in [0.29, 0.717) is 11.7 Å². The van der Waals surface area contributed by atoms with Crippen LogP contribution in [-0.4, -0.2) is 19.2 Å². The molecule has 2 aromatic rings. The summed E-state index contributed by atoms with van der Waals surface area (Å²) in [7, 11) is 3.26. The third-order valence-electron chi connectivity index (χ3n) is 2.60. The second kappa shape index (κ2) is 6.29. The van der Waals surface area contributed by atoms with Crippen molar-refractivity contribution in [3.05, 3.63) is 47.1 Å². The molecule has 1 aromatic carbocycles. The van der Waals surface area contributed by atoms with Crippen molar-refractivity contribution >= 4 is 17.4 Å². The third-order valence-corrected chi connectivity index (χ3v) is 2.81. The van der Waals surface area contributed by atoms with Crippen molar-refractivity contribution in [2.45, 2.75) is 6.54 Å². The molecular formula is C14H15ClN2O2. The Bertz CT molecular complexity index is 539. The second-order valence-electron chi connectivity index (χ2n) is 3.92. The molecule has 1 N–H and O–H groups in total. The van der Waals surface area contributed by atoms with Gasteiger partial charge in [-0.2, -0.15) is 0 Å². The van der Waals surface area contributed by atoms with Crippen molar-refractivity contribution in [3.8, 4) is 11.5 Å². The molecule has 1 aromatic heterocycles. The standard InChI is InChI=1S/C14H15ClN2O2/c1-18-11-6-10(7-12(8-11)19-2)9-16-14-5-3-4-13(15)17-14/h3-8H,9H2,1-2H3,(H,16,17). The highest BCUT2D eigenvalue weighted by atomic mass is 35.5. The lowest BCUT2D eigenvalue weighted by molar-refractivity contribution is 0.393. The maximum Gasteiger partial charge on any atom is 0.131 e. The summed E-state index contributed by atoms with van der Waals surface area (Å²) in [6.45, 7) is 0.612. The van der Waals surface area contributed by atoms with Gasteiger partial charge in [0, 0.05) is 12.6 Å². The number of hydrogen-bond acceptors (Lipinski definition) is 4. The van der Waals surface area contributed by atoms with Crippen LogP contribution >= 0.6 is 11.6 Å². The molecular weight excluding hydrogens is 264 g/mol. The molecule has 0 spiro atoms. The van der Waals surface area contributed by atoms with Crippen LogP contribution < -0.4 is 14.8 Å². The smallest absolute Gasteiger partial charge is 0.131 e. The minimum atomic E-state index is 0.466. The number of hydrogen-bond donors (Lipinski definition) is 1. The molecule has 0 aliphatic rings. The number of nitrogens with one attached hydrogen (secondary N) is 1. The lowest BCUT2D eigenvalue weighted by Gasteiger charge is -2.10. The first-order valence-corrected chi connectivity index (χ1v) is 6.17. The molecule has 100 valence electrons. The zero-order valence-electron chi connectivity index (χ0n) is 10.8. The fourth-order valence-electron chi connectivity index (χ4n) is 1.67. The molecule has 5 heteroatoms. The Balaban J connectivity index is 2.10. The van der Waals surface area contributed by atoms with Gasteiger partial charge in [0.2, 0.25) is 0 Å². The minimum Gasteiger partial charge on any atom is -0.497 e. The number of pyridine rings is 1. The first kappa shape index (κ1) is 13.5. The van der Waals surface area contributed by atoms with Gasteiger partial charge in [0.15, 0.2) is 0 Å². The van der Waals surface area contributed by atoms with E-state index in [0.717, 1.165) is 22.9 Å². The largest absolute Gasteiger partial charge is 0.497 e. The molecule has 19 heavy (non-hydrogen) atoms. The van der Waals surface area contributed by atoms with Gasteiger partial charge in [0.1, 0.15) is 22.5 Å². The molecule has 0 saturated heterocycles. The predicted octanol–water partition coefficient (Wildman–Crippen LogP) is 3.36. The quantitative estimate of drug-likeness (QED) is 0.852. The van der Waals surface area contributed by atoms with Crippen LogP contribution in [-0.2, 0) is 6.54 Å². The Morgan fingerprint density at radius 1 is 1.11 bits per heavy atom. The molecule has 2 rings (SSSR count). The summed E-state index contributed by atoms with van der Waals surface area (Å²) in [6, 6.07) is 11.2. The summed E-state index contributed by atoms with van der Waals surface area (Å²) < 4.78 is 10.4. The summed E-state index contributed by atoms with van der Waals surface area (Å²) >= 11 is 5.83. The third kappa shape index (κ3) is 3.76. The monoisotopic (exact) mass is 278 g/mol. The van der Waals surface area contributed by atoms with Gasteiger partial charge in [-0.3, -0.25) is 0 Å². The van der Waals surface area contributed by atoms with Crippen molar-refractivity contribution in [2.75, 3.05) is 19.5 Å². The Morgan fingerprint density at radius 2 is 1.79 bits per heavy atom. The van der Waals surface area contributed by atoms with Crippen LogP contribution in [0, 0.1) is 0 Å². The van der Waals surface area contributed by atoms with Gasteiger partial charge in [-0.1, -0.05) is 17.7 Å². The van der Waals surface area contributed by atoms with Crippen LogP contribution in [0.25, 0.3) is 0 Å². The fraction of sp³-hybridized carbons (Fsp3) is 0.214. The first-order chi connectivity index (χ1) is 9.21. The van der Waals surface area contributed by atoms with E-state index in [4.69, 9.17) is 21.1 Å². The van der Waals surface area contributed by atoms with Gasteiger partial charge in [-0.05, 0) is 29.8 Å². The maximum absolute atomic E-state index is 5.83. The topological polar surface area (TPSA) is 43.4 Å². The molecule has 0 bridgehead atoms. The number of rotatable bonds is 5. The van der Waals surface area contributed by atoms with Gasteiger partial charge < -0.3 is 14.8 Å². The minimum absolute atomic E-state index is 0.466. The highest BCUT2D eigenvalue weighted by Gasteiger charge is 2.02. The highest BCUT2D eigenvalue weighted by Crippen LogP contribution is 2.23. The lowest BCUT2D eigenvalue weighted by atomic mass is 10.2. The molecule has 4 nitrogen and oxygen atoms in total. The van der Waals surface area contributed by atoms with Crippen LogP contribution in [0.3, 0.4) is 0 Å². The number of nitrogens with zero attached hydrogens (tertiary/aromatic N) is 1. The van der Waals surface area contributed by atoms with E-state index in [2.05, 4.69) is 10.3 Å². The second-order valence-corrected chi connectivity index (χ2v) is 4.31. The van der Waals surface area contributed by atoms with Gasteiger partial charge in [-0.25, -0.2) is 4.98 Å². The van der Waals surface area contributed by atoms with E-state index in [-0.39, 0.29) is 0 Å². The molecule has 0 radical (unpaired) electrons. The average molecular weight is 279 g/mol. The Morgan fingerprint density at radius 3 is 2.37 bits per heavy atom. The van der Waals surface area contributed by atoms with Gasteiger partial charge in [-0.15, -0.1) is 0 Å². The fourth-order valence-corrected chi connectivity index (χ4v) is 1.83. The van der Waals surface area contributed by atoms with Gasteiger partial charge in [0.25, 0.3) is 0 Å². The van der Waals surface area contributed by atoms with Crippen LogP contribution in [0.1, 0.15) is 5.56 Å². The van der Waals surface area contributed by atoms with E-state index < -0.39 is 0 Å². The predicted molar refractivity (Wildman–Crippen MR) is 76.1 cm³/mol. The Labute approximate surface area is 117 Å². The molecule has 0 aliphatic carbocycles. The van der Waals surface area contributed by atoms with Crippen LogP contribution in [0.4, 0.5) is 5.82 Å².